The molecule has 0 radical (unpaired) electrons. The lowest BCUT2D eigenvalue weighted by molar-refractivity contribution is 0.128. The van der Waals surface area contributed by atoms with Gasteiger partial charge in [0.05, 0.1) is 0 Å². The lowest BCUT2D eigenvalue weighted by atomic mass is 9.86. The third-order valence-corrected chi connectivity index (χ3v) is 4.27. The second-order valence-electron chi connectivity index (χ2n) is 5.81. The Morgan fingerprint density at radius 3 is 2.62 bits per heavy atom. The van der Waals surface area contributed by atoms with E-state index in [0.717, 1.165) is 19.1 Å². The summed E-state index contributed by atoms with van der Waals surface area (Å²) in [6, 6.07) is 0.726. The van der Waals surface area contributed by atoms with Crippen molar-refractivity contribution in [2.24, 2.45) is 5.73 Å². The van der Waals surface area contributed by atoms with Crippen molar-refractivity contribution in [3.63, 3.8) is 0 Å². The molecule has 1 unspecified atom stereocenters. The van der Waals surface area contributed by atoms with Gasteiger partial charge in [-0.1, -0.05) is 19.3 Å². The molecular formula is C13H27N3. The van der Waals surface area contributed by atoms with Gasteiger partial charge in [0.15, 0.2) is 0 Å². The van der Waals surface area contributed by atoms with E-state index in [9.17, 15) is 0 Å². The molecule has 0 amide bonds. The van der Waals surface area contributed by atoms with Crippen molar-refractivity contribution in [3.8, 4) is 0 Å². The van der Waals surface area contributed by atoms with E-state index >= 15 is 0 Å². The Morgan fingerprint density at radius 2 is 2.00 bits per heavy atom. The van der Waals surface area contributed by atoms with Gasteiger partial charge in [0.2, 0.25) is 0 Å². The summed E-state index contributed by atoms with van der Waals surface area (Å²) < 4.78 is 0. The zero-order valence-electron chi connectivity index (χ0n) is 10.7. The van der Waals surface area contributed by atoms with Crippen LogP contribution in [0.1, 0.15) is 44.9 Å². The van der Waals surface area contributed by atoms with Crippen molar-refractivity contribution in [1.29, 1.82) is 0 Å². The third-order valence-electron chi connectivity index (χ3n) is 4.27. The molecule has 1 atom stereocenters. The van der Waals surface area contributed by atoms with Crippen LogP contribution in [-0.2, 0) is 0 Å². The highest BCUT2D eigenvalue weighted by Crippen LogP contribution is 2.24. The molecule has 3 heteroatoms. The standard InChI is InChI=1S/C13H27N3/c1-16-9-5-8-13(10-14,11-16)15-12-6-3-2-4-7-12/h12,15H,2-11,14H2,1H3. The number of rotatable bonds is 3. The highest BCUT2D eigenvalue weighted by molar-refractivity contribution is 4.97. The number of nitrogens with one attached hydrogen (secondary N) is 1. The van der Waals surface area contributed by atoms with Crippen LogP contribution < -0.4 is 11.1 Å². The molecule has 3 nitrogen and oxygen atoms in total. The number of nitrogens with zero attached hydrogens (tertiary/aromatic N) is 1. The molecule has 0 spiro atoms. The summed E-state index contributed by atoms with van der Waals surface area (Å²) >= 11 is 0. The van der Waals surface area contributed by atoms with E-state index in [2.05, 4.69) is 17.3 Å². The van der Waals surface area contributed by atoms with Gasteiger partial charge in [0, 0.05) is 24.7 Å². The molecule has 16 heavy (non-hydrogen) atoms. The molecule has 1 saturated heterocycles. The van der Waals surface area contributed by atoms with Crippen LogP contribution in [0.5, 0.6) is 0 Å². The summed E-state index contributed by atoms with van der Waals surface area (Å²) in [7, 11) is 2.21. The van der Waals surface area contributed by atoms with E-state index in [1.54, 1.807) is 0 Å². The van der Waals surface area contributed by atoms with Gasteiger partial charge in [0.1, 0.15) is 0 Å². The maximum Gasteiger partial charge on any atom is 0.0435 e. The summed E-state index contributed by atoms with van der Waals surface area (Å²) in [5, 5.41) is 3.88. The minimum atomic E-state index is 0.203. The molecule has 1 aliphatic carbocycles. The molecule has 2 fully saturated rings. The summed E-state index contributed by atoms with van der Waals surface area (Å²) in [5.74, 6) is 0. The molecule has 3 N–H and O–H groups in total. The summed E-state index contributed by atoms with van der Waals surface area (Å²) in [6.07, 6.45) is 9.46. The fourth-order valence-corrected chi connectivity index (χ4v) is 3.39. The van der Waals surface area contributed by atoms with E-state index in [-0.39, 0.29) is 5.54 Å². The molecule has 1 aliphatic heterocycles. The average molecular weight is 225 g/mol. The number of piperidine rings is 1. The second-order valence-corrected chi connectivity index (χ2v) is 5.81. The van der Waals surface area contributed by atoms with Crippen LogP contribution >= 0.6 is 0 Å². The zero-order chi connectivity index (χ0) is 11.4. The van der Waals surface area contributed by atoms with E-state index in [4.69, 9.17) is 5.73 Å². The fourth-order valence-electron chi connectivity index (χ4n) is 3.39. The zero-order valence-corrected chi connectivity index (χ0v) is 10.7. The van der Waals surface area contributed by atoms with E-state index < -0.39 is 0 Å². The highest BCUT2D eigenvalue weighted by Gasteiger charge is 2.34. The van der Waals surface area contributed by atoms with Crippen molar-refractivity contribution < 1.29 is 0 Å². The van der Waals surface area contributed by atoms with Crippen LogP contribution in [0, 0.1) is 0 Å². The topological polar surface area (TPSA) is 41.3 Å². The monoisotopic (exact) mass is 225 g/mol. The largest absolute Gasteiger partial charge is 0.329 e. The van der Waals surface area contributed by atoms with E-state index in [1.807, 2.05) is 0 Å². The Kier molecular flexibility index (Phi) is 4.22. The smallest absolute Gasteiger partial charge is 0.0435 e. The van der Waals surface area contributed by atoms with Crippen LogP contribution in [0.4, 0.5) is 0 Å². The first-order chi connectivity index (χ1) is 7.74. The molecule has 0 bridgehead atoms. The SMILES string of the molecule is CN1CCCC(CN)(NC2CCCCC2)C1. The Morgan fingerprint density at radius 1 is 1.25 bits per heavy atom. The van der Waals surface area contributed by atoms with E-state index in [0.29, 0.717) is 0 Å². The van der Waals surface area contributed by atoms with Gasteiger partial charge in [-0.2, -0.15) is 0 Å². The Labute approximate surface area is 99.8 Å². The van der Waals surface area contributed by atoms with Crippen molar-refractivity contribution in [2.75, 3.05) is 26.7 Å². The van der Waals surface area contributed by atoms with E-state index in [1.165, 1.54) is 51.5 Å². The second kappa shape index (κ2) is 5.48. The van der Waals surface area contributed by atoms with Gasteiger partial charge in [-0.3, -0.25) is 0 Å². The molecule has 94 valence electrons. The number of likely N-dealkylation sites (N-methyl/N-ethyl adjacent to an activating group) is 1. The van der Waals surface area contributed by atoms with Crippen LogP contribution in [0.3, 0.4) is 0 Å². The number of nitrogens with two attached hydrogens (primary N) is 1. The number of hydrogen-bond acceptors (Lipinski definition) is 3. The molecule has 0 aromatic rings. The first-order valence-corrected chi connectivity index (χ1v) is 6.90. The molecule has 0 aromatic heterocycles. The average Bonchev–Trinajstić information content (AvgIpc) is 2.30. The molecule has 1 heterocycles. The number of hydrogen-bond donors (Lipinski definition) is 2. The fraction of sp³-hybridized carbons (Fsp3) is 1.00. The molecule has 0 aromatic carbocycles. The van der Waals surface area contributed by atoms with Crippen molar-refractivity contribution in [3.05, 3.63) is 0 Å². The lowest BCUT2D eigenvalue weighted by Crippen LogP contribution is -2.63. The third kappa shape index (κ3) is 2.96. The van der Waals surface area contributed by atoms with Crippen LogP contribution in [0.2, 0.25) is 0 Å². The lowest BCUT2D eigenvalue weighted by Gasteiger charge is -2.44. The Balaban J connectivity index is 1.91. The maximum absolute atomic E-state index is 6.03. The van der Waals surface area contributed by atoms with Gasteiger partial charge < -0.3 is 16.0 Å². The van der Waals surface area contributed by atoms with Gasteiger partial charge in [-0.05, 0) is 39.3 Å². The van der Waals surface area contributed by atoms with Crippen LogP contribution in [0.15, 0.2) is 0 Å². The molecule has 2 aliphatic rings. The van der Waals surface area contributed by atoms with Crippen LogP contribution in [-0.4, -0.2) is 43.2 Å². The minimum Gasteiger partial charge on any atom is -0.329 e. The Bertz CT molecular complexity index is 213. The van der Waals surface area contributed by atoms with Crippen LogP contribution in [0.25, 0.3) is 0 Å². The predicted octanol–water partition coefficient (Wildman–Crippen LogP) is 1.33. The molecule has 2 rings (SSSR count). The highest BCUT2D eigenvalue weighted by atomic mass is 15.2. The maximum atomic E-state index is 6.03. The molecule has 1 saturated carbocycles. The van der Waals surface area contributed by atoms with Gasteiger partial charge in [0.25, 0.3) is 0 Å². The number of likely N-dealkylation sites (tertiary alicyclic amines) is 1. The summed E-state index contributed by atoms with van der Waals surface area (Å²) in [6.45, 7) is 3.14. The first kappa shape index (κ1) is 12.3. The van der Waals surface area contributed by atoms with Gasteiger partial charge >= 0.3 is 0 Å². The molecular weight excluding hydrogens is 198 g/mol. The summed E-state index contributed by atoms with van der Waals surface area (Å²) in [5.41, 5.74) is 6.23. The quantitative estimate of drug-likeness (QED) is 0.761. The predicted molar refractivity (Wildman–Crippen MR) is 68.5 cm³/mol. The van der Waals surface area contributed by atoms with Crippen molar-refractivity contribution in [1.82, 2.24) is 10.2 Å². The van der Waals surface area contributed by atoms with Crippen molar-refractivity contribution in [2.45, 2.75) is 56.5 Å². The van der Waals surface area contributed by atoms with Gasteiger partial charge in [-0.25, -0.2) is 0 Å². The minimum absolute atomic E-state index is 0.203. The Hall–Kier alpha value is -0.120. The summed E-state index contributed by atoms with van der Waals surface area (Å²) in [4.78, 5) is 2.42. The normalized spacial score (nSPS) is 34.1. The first-order valence-electron chi connectivity index (χ1n) is 6.90. The van der Waals surface area contributed by atoms with Gasteiger partial charge in [-0.15, -0.1) is 0 Å². The van der Waals surface area contributed by atoms with Crippen molar-refractivity contribution >= 4 is 0 Å².